The molecule has 0 saturated heterocycles. The summed E-state index contributed by atoms with van der Waals surface area (Å²) < 4.78 is 5.77. The minimum Gasteiger partial charge on any atom is -0.489 e. The first kappa shape index (κ1) is 18.8. The molecule has 0 radical (unpaired) electrons. The second-order valence-corrected chi connectivity index (χ2v) is 6.14. The molecule has 4 heteroatoms. The fourth-order valence-electron chi connectivity index (χ4n) is 2.57. The fourth-order valence-corrected chi connectivity index (χ4v) is 2.57. The highest BCUT2D eigenvalue weighted by atomic mass is 16.5. The van der Waals surface area contributed by atoms with Crippen LogP contribution in [0, 0.1) is 0 Å². The average molecular weight is 341 g/mol. The molecule has 0 aliphatic rings. The van der Waals surface area contributed by atoms with Crippen LogP contribution in [-0.2, 0) is 11.4 Å². The van der Waals surface area contributed by atoms with Crippen molar-refractivity contribution in [1.29, 1.82) is 0 Å². The highest BCUT2D eigenvalue weighted by Crippen LogP contribution is 2.17. The fraction of sp³-hybridized carbons (Fsp3) is 0.381. The molecule has 0 fully saturated rings. The van der Waals surface area contributed by atoms with E-state index >= 15 is 0 Å². The van der Waals surface area contributed by atoms with E-state index in [1.165, 1.54) is 0 Å². The van der Waals surface area contributed by atoms with Crippen molar-refractivity contribution in [2.24, 2.45) is 0 Å². The van der Waals surface area contributed by atoms with E-state index in [0.29, 0.717) is 6.61 Å². The van der Waals surface area contributed by atoms with Crippen LogP contribution in [0.4, 0.5) is 5.69 Å². The molecular formula is C21H27NO3. The molecule has 0 aromatic heterocycles. The summed E-state index contributed by atoms with van der Waals surface area (Å²) in [6, 6.07) is 18.2. The van der Waals surface area contributed by atoms with E-state index in [0.717, 1.165) is 55.6 Å². The SMILES string of the molecule is O=C(O)CCCCCCCNc1ccc(OCc2ccccc2)cc1. The summed E-state index contributed by atoms with van der Waals surface area (Å²) in [6.07, 6.45) is 5.40. The second-order valence-electron chi connectivity index (χ2n) is 6.14. The van der Waals surface area contributed by atoms with Gasteiger partial charge in [-0.1, -0.05) is 49.6 Å². The Labute approximate surface area is 149 Å². The number of rotatable bonds is 12. The van der Waals surface area contributed by atoms with Crippen LogP contribution in [0.25, 0.3) is 0 Å². The van der Waals surface area contributed by atoms with Crippen LogP contribution in [0.2, 0.25) is 0 Å². The molecule has 0 saturated carbocycles. The maximum atomic E-state index is 10.4. The van der Waals surface area contributed by atoms with Gasteiger partial charge in [-0.3, -0.25) is 4.79 Å². The molecule has 2 aromatic carbocycles. The van der Waals surface area contributed by atoms with E-state index in [9.17, 15) is 4.79 Å². The third-order valence-electron chi connectivity index (χ3n) is 4.00. The van der Waals surface area contributed by atoms with Gasteiger partial charge in [0.2, 0.25) is 0 Å². The normalized spacial score (nSPS) is 10.4. The van der Waals surface area contributed by atoms with Gasteiger partial charge in [0, 0.05) is 18.7 Å². The van der Waals surface area contributed by atoms with Crippen molar-refractivity contribution in [3.05, 3.63) is 60.2 Å². The zero-order chi connectivity index (χ0) is 17.7. The Balaban J connectivity index is 1.56. The summed E-state index contributed by atoms with van der Waals surface area (Å²) in [5.41, 5.74) is 2.26. The van der Waals surface area contributed by atoms with Crippen molar-refractivity contribution in [2.45, 2.75) is 45.1 Å². The molecule has 2 aromatic rings. The number of ether oxygens (including phenoxy) is 1. The maximum Gasteiger partial charge on any atom is 0.303 e. The smallest absolute Gasteiger partial charge is 0.303 e. The number of benzene rings is 2. The van der Waals surface area contributed by atoms with Gasteiger partial charge in [0.05, 0.1) is 0 Å². The van der Waals surface area contributed by atoms with E-state index in [2.05, 4.69) is 17.4 Å². The molecule has 0 aliphatic heterocycles. The van der Waals surface area contributed by atoms with Gasteiger partial charge in [0.1, 0.15) is 12.4 Å². The monoisotopic (exact) mass is 341 g/mol. The van der Waals surface area contributed by atoms with Crippen LogP contribution in [0.15, 0.2) is 54.6 Å². The molecule has 2 rings (SSSR count). The average Bonchev–Trinajstić information content (AvgIpc) is 2.64. The first-order valence-corrected chi connectivity index (χ1v) is 8.96. The molecule has 4 nitrogen and oxygen atoms in total. The van der Waals surface area contributed by atoms with Crippen molar-refractivity contribution in [2.75, 3.05) is 11.9 Å². The summed E-state index contributed by atoms with van der Waals surface area (Å²) in [5.74, 6) is 0.172. The highest BCUT2D eigenvalue weighted by molar-refractivity contribution is 5.66. The van der Waals surface area contributed by atoms with Crippen LogP contribution in [0.1, 0.15) is 44.1 Å². The Morgan fingerprint density at radius 1 is 0.880 bits per heavy atom. The molecule has 2 N–H and O–H groups in total. The third kappa shape index (κ3) is 8.25. The second kappa shape index (κ2) is 11.1. The molecule has 0 aliphatic carbocycles. The quantitative estimate of drug-likeness (QED) is 0.527. The van der Waals surface area contributed by atoms with Crippen molar-refractivity contribution < 1.29 is 14.6 Å². The third-order valence-corrected chi connectivity index (χ3v) is 4.00. The standard InChI is InChI=1S/C21H27NO3/c23-21(24)11-7-2-1-3-8-16-22-19-12-14-20(15-13-19)25-17-18-9-5-4-6-10-18/h4-6,9-10,12-15,22H,1-3,7-8,11,16-17H2,(H,23,24). The number of aliphatic carboxylic acids is 1. The van der Waals surface area contributed by atoms with Gasteiger partial charge in [-0.2, -0.15) is 0 Å². The highest BCUT2D eigenvalue weighted by Gasteiger charge is 1.98. The van der Waals surface area contributed by atoms with Crippen molar-refractivity contribution in [3.63, 3.8) is 0 Å². The van der Waals surface area contributed by atoms with Crippen LogP contribution < -0.4 is 10.1 Å². The Morgan fingerprint density at radius 3 is 2.28 bits per heavy atom. The zero-order valence-corrected chi connectivity index (χ0v) is 14.6. The van der Waals surface area contributed by atoms with E-state index in [-0.39, 0.29) is 6.42 Å². The molecule has 0 amide bonds. The van der Waals surface area contributed by atoms with Crippen molar-refractivity contribution in [3.8, 4) is 5.75 Å². The van der Waals surface area contributed by atoms with Crippen LogP contribution in [0.5, 0.6) is 5.75 Å². The minimum absolute atomic E-state index is 0.289. The van der Waals surface area contributed by atoms with Crippen LogP contribution in [-0.4, -0.2) is 17.6 Å². The van der Waals surface area contributed by atoms with E-state index in [4.69, 9.17) is 9.84 Å². The van der Waals surface area contributed by atoms with Gasteiger partial charge >= 0.3 is 5.97 Å². The predicted molar refractivity (Wildman–Crippen MR) is 101 cm³/mol. The number of carboxylic acids is 1. The molecule has 134 valence electrons. The van der Waals surface area contributed by atoms with Crippen molar-refractivity contribution in [1.82, 2.24) is 0 Å². The zero-order valence-electron chi connectivity index (χ0n) is 14.6. The molecule has 25 heavy (non-hydrogen) atoms. The molecule has 0 bridgehead atoms. The lowest BCUT2D eigenvalue weighted by Crippen LogP contribution is -2.01. The lowest BCUT2D eigenvalue weighted by Gasteiger charge is -2.09. The van der Waals surface area contributed by atoms with Gasteiger partial charge < -0.3 is 15.2 Å². The number of carbonyl (C=O) groups is 1. The van der Waals surface area contributed by atoms with Gasteiger partial charge in [-0.15, -0.1) is 0 Å². The lowest BCUT2D eigenvalue weighted by atomic mass is 10.1. The number of hydrogen-bond acceptors (Lipinski definition) is 3. The number of unbranched alkanes of at least 4 members (excludes halogenated alkanes) is 4. The van der Waals surface area contributed by atoms with Crippen LogP contribution in [0.3, 0.4) is 0 Å². The van der Waals surface area contributed by atoms with Gasteiger partial charge in [-0.25, -0.2) is 0 Å². The summed E-state index contributed by atoms with van der Waals surface area (Å²) in [7, 11) is 0. The topological polar surface area (TPSA) is 58.6 Å². The van der Waals surface area contributed by atoms with E-state index in [1.54, 1.807) is 0 Å². The van der Waals surface area contributed by atoms with Crippen molar-refractivity contribution >= 4 is 11.7 Å². The lowest BCUT2D eigenvalue weighted by molar-refractivity contribution is -0.137. The Hall–Kier alpha value is -2.49. The summed E-state index contributed by atoms with van der Waals surface area (Å²) in [5, 5.41) is 12.0. The first-order valence-electron chi connectivity index (χ1n) is 8.96. The van der Waals surface area contributed by atoms with Gasteiger partial charge in [-0.05, 0) is 42.7 Å². The molecule has 0 spiro atoms. The molecule has 0 unspecified atom stereocenters. The summed E-state index contributed by atoms with van der Waals surface area (Å²) >= 11 is 0. The van der Waals surface area contributed by atoms with E-state index < -0.39 is 5.97 Å². The Bertz CT molecular complexity index is 611. The summed E-state index contributed by atoms with van der Waals surface area (Å²) in [6.45, 7) is 1.51. The number of carboxylic acid groups (broad SMARTS) is 1. The largest absolute Gasteiger partial charge is 0.489 e. The van der Waals surface area contributed by atoms with Gasteiger partial charge in [0.15, 0.2) is 0 Å². The number of anilines is 1. The maximum absolute atomic E-state index is 10.4. The molecular weight excluding hydrogens is 314 g/mol. The molecule has 0 atom stereocenters. The summed E-state index contributed by atoms with van der Waals surface area (Å²) in [4.78, 5) is 10.4. The Morgan fingerprint density at radius 2 is 1.56 bits per heavy atom. The minimum atomic E-state index is -0.696. The Kier molecular flexibility index (Phi) is 8.39. The number of hydrogen-bond donors (Lipinski definition) is 2. The van der Waals surface area contributed by atoms with Gasteiger partial charge in [0.25, 0.3) is 0 Å². The molecule has 0 heterocycles. The number of nitrogens with one attached hydrogen (secondary N) is 1. The first-order chi connectivity index (χ1) is 12.2. The van der Waals surface area contributed by atoms with Crippen LogP contribution >= 0.6 is 0 Å². The van der Waals surface area contributed by atoms with E-state index in [1.807, 2.05) is 42.5 Å². The predicted octanol–water partition coefficient (Wildman–Crippen LogP) is 5.10.